The highest BCUT2D eigenvalue weighted by Crippen LogP contribution is 2.02. The predicted octanol–water partition coefficient (Wildman–Crippen LogP) is 7.11. The zero-order valence-corrected chi connectivity index (χ0v) is 15.3. The number of carbonyl (C=O) groups excluding carboxylic acids is 1. The van der Waals surface area contributed by atoms with Crippen LogP contribution in [0.25, 0.3) is 0 Å². The zero-order chi connectivity index (χ0) is 17.0. The quantitative estimate of drug-likeness (QED) is 0.232. The van der Waals surface area contributed by atoms with Crippen LogP contribution in [0.2, 0.25) is 0 Å². The zero-order valence-electron chi connectivity index (χ0n) is 15.3. The molecule has 0 fully saturated rings. The number of hydrogen-bond donors (Lipinski definition) is 0. The molecule has 0 unspecified atom stereocenters. The van der Waals surface area contributed by atoms with Gasteiger partial charge >= 0.3 is 0 Å². The molecule has 0 atom stereocenters. The van der Waals surface area contributed by atoms with Gasteiger partial charge < -0.3 is 4.79 Å². The van der Waals surface area contributed by atoms with E-state index in [1.807, 2.05) is 0 Å². The molecule has 130 valence electrons. The molecule has 0 aromatic heterocycles. The summed E-state index contributed by atoms with van der Waals surface area (Å²) in [5, 5.41) is 0. The summed E-state index contributed by atoms with van der Waals surface area (Å²) < 4.78 is 0. The smallest absolute Gasteiger partial charge is 0.129 e. The van der Waals surface area contributed by atoms with Gasteiger partial charge in [-0.25, -0.2) is 0 Å². The Morgan fingerprint density at radius 2 is 1.09 bits per heavy atom. The van der Waals surface area contributed by atoms with Crippen LogP contribution in [-0.4, -0.2) is 5.78 Å². The van der Waals surface area contributed by atoms with Gasteiger partial charge in [-0.1, -0.05) is 68.4 Å². The van der Waals surface area contributed by atoms with Gasteiger partial charge in [-0.15, -0.1) is 0 Å². The van der Waals surface area contributed by atoms with Crippen molar-refractivity contribution in [2.24, 2.45) is 0 Å². The van der Waals surface area contributed by atoms with Gasteiger partial charge in [0.15, 0.2) is 0 Å². The summed E-state index contributed by atoms with van der Waals surface area (Å²) in [5.74, 6) is 0.303. The van der Waals surface area contributed by atoms with Crippen molar-refractivity contribution in [3.8, 4) is 0 Å². The number of ketones is 1. The lowest BCUT2D eigenvalue weighted by molar-refractivity contribution is -0.117. The normalized spacial score (nSPS) is 12.4. The lowest BCUT2D eigenvalue weighted by atomic mass is 10.1. The molecule has 0 aliphatic rings. The third kappa shape index (κ3) is 20.6. The number of Topliss-reactive ketones (excluding diaryl/α,β-unsaturated/α-hetero) is 1. The second-order valence-corrected chi connectivity index (χ2v) is 6.04. The summed E-state index contributed by atoms with van der Waals surface area (Å²) >= 11 is 0. The summed E-state index contributed by atoms with van der Waals surface area (Å²) in [4.78, 5) is 10.8. The Kier molecular flexibility index (Phi) is 17.6. The van der Waals surface area contributed by atoms with Crippen LogP contribution in [0.5, 0.6) is 0 Å². The molecule has 1 nitrogen and oxygen atoms in total. The third-order valence-electron chi connectivity index (χ3n) is 3.61. The second-order valence-electron chi connectivity index (χ2n) is 6.04. The van der Waals surface area contributed by atoms with Gasteiger partial charge in [0.1, 0.15) is 5.78 Å². The molecule has 1 heteroatoms. The Morgan fingerprint density at radius 1 is 0.652 bits per heavy atom. The van der Waals surface area contributed by atoms with E-state index >= 15 is 0 Å². The molecule has 0 aliphatic heterocycles. The summed E-state index contributed by atoms with van der Waals surface area (Å²) in [6.07, 6.45) is 30.2. The van der Waals surface area contributed by atoms with Crippen molar-refractivity contribution in [1.82, 2.24) is 0 Å². The first-order valence-corrected chi connectivity index (χ1v) is 9.36. The number of allylic oxidation sites excluding steroid dienone is 8. The molecule has 0 amide bonds. The molecule has 0 spiro atoms. The molecule has 0 saturated heterocycles. The highest BCUT2D eigenvalue weighted by Gasteiger charge is 1.91. The average Bonchev–Trinajstić information content (AvgIpc) is 2.53. The van der Waals surface area contributed by atoms with E-state index in [1.54, 1.807) is 6.92 Å². The molecule has 0 N–H and O–H groups in total. The average molecular weight is 317 g/mol. The minimum Gasteiger partial charge on any atom is -0.300 e. The van der Waals surface area contributed by atoms with Gasteiger partial charge in [0, 0.05) is 6.42 Å². The number of hydrogen-bond acceptors (Lipinski definition) is 1. The molecule has 0 rings (SSSR count). The Labute approximate surface area is 144 Å². The van der Waals surface area contributed by atoms with Crippen LogP contribution in [0.15, 0.2) is 48.6 Å². The van der Waals surface area contributed by atoms with E-state index in [-0.39, 0.29) is 0 Å². The van der Waals surface area contributed by atoms with Crippen molar-refractivity contribution in [2.75, 3.05) is 0 Å². The van der Waals surface area contributed by atoms with E-state index in [9.17, 15) is 4.79 Å². The number of unbranched alkanes of at least 4 members (excludes halogenated alkanes) is 5. The maximum Gasteiger partial charge on any atom is 0.129 e. The van der Waals surface area contributed by atoms with Crippen LogP contribution in [0, 0.1) is 0 Å². The summed E-state index contributed by atoms with van der Waals surface area (Å²) in [6, 6.07) is 0. The topological polar surface area (TPSA) is 17.1 Å². The van der Waals surface area contributed by atoms with Crippen molar-refractivity contribution < 1.29 is 4.79 Å². The molecule has 0 aromatic rings. The fraction of sp³-hybridized carbons (Fsp3) is 0.591. The van der Waals surface area contributed by atoms with Crippen LogP contribution in [-0.2, 0) is 4.79 Å². The van der Waals surface area contributed by atoms with Crippen LogP contribution >= 0.6 is 0 Å². The van der Waals surface area contributed by atoms with E-state index < -0.39 is 0 Å². The van der Waals surface area contributed by atoms with Gasteiger partial charge in [-0.2, -0.15) is 0 Å². The van der Waals surface area contributed by atoms with Gasteiger partial charge in [-0.3, -0.25) is 0 Å². The molecule has 23 heavy (non-hydrogen) atoms. The van der Waals surface area contributed by atoms with Crippen molar-refractivity contribution in [3.05, 3.63) is 48.6 Å². The summed E-state index contributed by atoms with van der Waals surface area (Å²) in [7, 11) is 0. The molecular formula is C22H36O. The SMILES string of the molecule is CCCCC/C=C\C/C=C\C/C=C\C/C=C\CCCCC(C)=O. The fourth-order valence-electron chi connectivity index (χ4n) is 2.20. The second kappa shape index (κ2) is 18.7. The number of rotatable bonds is 15. The highest BCUT2D eigenvalue weighted by atomic mass is 16.1. The van der Waals surface area contributed by atoms with E-state index in [4.69, 9.17) is 0 Å². The van der Waals surface area contributed by atoms with Crippen molar-refractivity contribution in [2.45, 2.75) is 84.5 Å². The first-order chi connectivity index (χ1) is 11.3. The van der Waals surface area contributed by atoms with Crippen LogP contribution in [0.4, 0.5) is 0 Å². The van der Waals surface area contributed by atoms with Crippen LogP contribution in [0.3, 0.4) is 0 Å². The van der Waals surface area contributed by atoms with E-state index in [0.717, 1.165) is 44.9 Å². The minimum absolute atomic E-state index is 0.303. The maximum atomic E-state index is 10.8. The standard InChI is InChI=1S/C22H36O/c1-3-4-5-6-7-8-9-10-11-12-13-14-15-16-17-18-19-20-21-22(2)23/h7-8,10-11,13-14,16-17H,3-6,9,12,15,18-21H2,1-2H3/b8-7-,11-10-,14-13-,17-16-. The first kappa shape index (κ1) is 21.6. The van der Waals surface area contributed by atoms with Crippen LogP contribution < -0.4 is 0 Å². The summed E-state index contributed by atoms with van der Waals surface area (Å²) in [6.45, 7) is 3.91. The Morgan fingerprint density at radius 3 is 1.52 bits per heavy atom. The molecule has 0 aromatic carbocycles. The molecule has 0 aliphatic carbocycles. The van der Waals surface area contributed by atoms with Crippen LogP contribution in [0.1, 0.15) is 84.5 Å². The van der Waals surface area contributed by atoms with Gasteiger partial charge in [0.2, 0.25) is 0 Å². The molecule has 0 saturated carbocycles. The Hall–Kier alpha value is -1.37. The first-order valence-electron chi connectivity index (χ1n) is 9.36. The van der Waals surface area contributed by atoms with E-state index in [1.165, 1.54) is 25.7 Å². The van der Waals surface area contributed by atoms with E-state index in [2.05, 4.69) is 55.5 Å². The molecular weight excluding hydrogens is 280 g/mol. The largest absolute Gasteiger partial charge is 0.300 e. The lowest BCUT2D eigenvalue weighted by Crippen LogP contribution is -1.88. The molecule has 0 bridgehead atoms. The monoisotopic (exact) mass is 316 g/mol. The summed E-state index contributed by atoms with van der Waals surface area (Å²) in [5.41, 5.74) is 0. The van der Waals surface area contributed by atoms with Crippen molar-refractivity contribution in [1.29, 1.82) is 0 Å². The van der Waals surface area contributed by atoms with Gasteiger partial charge in [0.05, 0.1) is 0 Å². The Balaban J connectivity index is 3.39. The minimum atomic E-state index is 0.303. The van der Waals surface area contributed by atoms with Gasteiger partial charge in [0.25, 0.3) is 0 Å². The van der Waals surface area contributed by atoms with Crippen molar-refractivity contribution in [3.63, 3.8) is 0 Å². The maximum absolute atomic E-state index is 10.8. The fourth-order valence-corrected chi connectivity index (χ4v) is 2.20. The predicted molar refractivity (Wildman–Crippen MR) is 104 cm³/mol. The van der Waals surface area contributed by atoms with Crippen molar-refractivity contribution >= 4 is 5.78 Å². The highest BCUT2D eigenvalue weighted by molar-refractivity contribution is 5.75. The molecule has 0 radical (unpaired) electrons. The van der Waals surface area contributed by atoms with Gasteiger partial charge in [-0.05, 0) is 58.3 Å². The van der Waals surface area contributed by atoms with E-state index in [0.29, 0.717) is 5.78 Å². The lowest BCUT2D eigenvalue weighted by Gasteiger charge is -1.93. The third-order valence-corrected chi connectivity index (χ3v) is 3.61. The Bertz CT molecular complexity index is 371. The number of carbonyl (C=O) groups is 1. The molecule has 0 heterocycles.